The molecule has 1 atom stereocenters. The Morgan fingerprint density at radius 2 is 1.95 bits per heavy atom. The predicted molar refractivity (Wildman–Crippen MR) is 86.0 cm³/mol. The second-order valence-electron chi connectivity index (χ2n) is 5.02. The fraction of sp³-hybridized carbons (Fsp3) is 0.278. The monoisotopic (exact) mass is 296 g/mol. The van der Waals surface area contributed by atoms with Crippen LogP contribution in [-0.4, -0.2) is 14.2 Å². The highest BCUT2D eigenvalue weighted by Gasteiger charge is 2.12. The predicted octanol–water partition coefficient (Wildman–Crippen LogP) is 3.43. The lowest BCUT2D eigenvalue weighted by atomic mass is 10.1. The van der Waals surface area contributed by atoms with Gasteiger partial charge in [-0.1, -0.05) is 12.1 Å². The zero-order valence-electron chi connectivity index (χ0n) is 13.1. The van der Waals surface area contributed by atoms with Crippen LogP contribution in [0.3, 0.4) is 0 Å². The molecule has 0 aliphatic carbocycles. The van der Waals surface area contributed by atoms with Gasteiger partial charge in [-0.2, -0.15) is 5.26 Å². The molecule has 0 amide bonds. The summed E-state index contributed by atoms with van der Waals surface area (Å²) in [6.07, 6.45) is 0. The SMILES string of the molecule is COc1ccc(OC)c([C@H](C)NCc2cccc(C#N)c2)c1. The number of nitriles is 1. The fourth-order valence-corrected chi connectivity index (χ4v) is 2.31. The first-order valence-electron chi connectivity index (χ1n) is 7.12. The molecule has 0 aliphatic rings. The molecular weight excluding hydrogens is 276 g/mol. The van der Waals surface area contributed by atoms with Crippen LogP contribution in [0.25, 0.3) is 0 Å². The first-order chi connectivity index (χ1) is 10.7. The zero-order valence-corrected chi connectivity index (χ0v) is 13.1. The Bertz CT molecular complexity index is 677. The summed E-state index contributed by atoms with van der Waals surface area (Å²) in [6.45, 7) is 2.75. The largest absolute Gasteiger partial charge is 0.497 e. The number of benzene rings is 2. The van der Waals surface area contributed by atoms with Gasteiger partial charge in [-0.15, -0.1) is 0 Å². The van der Waals surface area contributed by atoms with E-state index in [0.29, 0.717) is 12.1 Å². The highest BCUT2D eigenvalue weighted by atomic mass is 16.5. The number of rotatable bonds is 6. The molecule has 0 unspecified atom stereocenters. The molecule has 0 aromatic heterocycles. The van der Waals surface area contributed by atoms with Crippen LogP contribution in [0.5, 0.6) is 11.5 Å². The Hall–Kier alpha value is -2.51. The summed E-state index contributed by atoms with van der Waals surface area (Å²) < 4.78 is 10.7. The molecule has 0 fully saturated rings. The van der Waals surface area contributed by atoms with Crippen molar-refractivity contribution in [2.45, 2.75) is 19.5 Å². The maximum Gasteiger partial charge on any atom is 0.123 e. The first-order valence-corrected chi connectivity index (χ1v) is 7.12. The van der Waals surface area contributed by atoms with Crippen molar-refractivity contribution in [1.29, 1.82) is 5.26 Å². The van der Waals surface area contributed by atoms with E-state index < -0.39 is 0 Å². The van der Waals surface area contributed by atoms with Crippen LogP contribution in [0, 0.1) is 11.3 Å². The molecule has 0 saturated heterocycles. The Morgan fingerprint density at radius 1 is 1.14 bits per heavy atom. The summed E-state index contributed by atoms with van der Waals surface area (Å²) in [5.41, 5.74) is 2.79. The standard InChI is InChI=1S/C18H20N2O2/c1-13(17-10-16(21-2)7-8-18(17)22-3)20-12-15-6-4-5-14(9-15)11-19/h4-10,13,20H,12H2,1-3H3/t13-/m0/s1. The maximum absolute atomic E-state index is 8.94. The van der Waals surface area contributed by atoms with Crippen LogP contribution >= 0.6 is 0 Å². The minimum atomic E-state index is 0.0933. The molecule has 0 aliphatic heterocycles. The third kappa shape index (κ3) is 3.78. The molecule has 114 valence electrons. The van der Waals surface area contributed by atoms with Crippen LogP contribution in [0.1, 0.15) is 29.7 Å². The zero-order chi connectivity index (χ0) is 15.9. The lowest BCUT2D eigenvalue weighted by Gasteiger charge is -2.18. The van der Waals surface area contributed by atoms with Crippen molar-refractivity contribution >= 4 is 0 Å². The smallest absolute Gasteiger partial charge is 0.123 e. The van der Waals surface area contributed by atoms with Gasteiger partial charge in [-0.05, 0) is 42.8 Å². The van der Waals surface area contributed by atoms with Crippen molar-refractivity contribution < 1.29 is 9.47 Å². The minimum absolute atomic E-state index is 0.0933. The van der Waals surface area contributed by atoms with Crippen LogP contribution in [0.4, 0.5) is 0 Å². The highest BCUT2D eigenvalue weighted by molar-refractivity contribution is 5.42. The molecule has 4 nitrogen and oxygen atoms in total. The van der Waals surface area contributed by atoms with Gasteiger partial charge in [-0.3, -0.25) is 0 Å². The number of hydrogen-bond acceptors (Lipinski definition) is 4. The third-order valence-electron chi connectivity index (χ3n) is 3.57. The average Bonchev–Trinajstić information content (AvgIpc) is 2.59. The molecule has 2 rings (SSSR count). The number of nitrogens with zero attached hydrogens (tertiary/aromatic N) is 1. The van der Waals surface area contributed by atoms with Gasteiger partial charge in [0.15, 0.2) is 0 Å². The highest BCUT2D eigenvalue weighted by Crippen LogP contribution is 2.29. The number of hydrogen-bond donors (Lipinski definition) is 1. The van der Waals surface area contributed by atoms with Crippen LogP contribution in [0.15, 0.2) is 42.5 Å². The molecule has 1 N–H and O–H groups in total. The van der Waals surface area contributed by atoms with Crippen molar-refractivity contribution in [1.82, 2.24) is 5.32 Å². The third-order valence-corrected chi connectivity index (χ3v) is 3.57. The number of ether oxygens (including phenoxy) is 2. The van der Waals surface area contributed by atoms with Gasteiger partial charge < -0.3 is 14.8 Å². The van der Waals surface area contributed by atoms with Gasteiger partial charge in [0.2, 0.25) is 0 Å². The molecule has 0 radical (unpaired) electrons. The van der Waals surface area contributed by atoms with E-state index in [1.165, 1.54) is 0 Å². The molecule has 4 heteroatoms. The summed E-state index contributed by atoms with van der Waals surface area (Å²) in [5, 5.41) is 12.4. The summed E-state index contributed by atoms with van der Waals surface area (Å²) in [6, 6.07) is 15.6. The topological polar surface area (TPSA) is 54.3 Å². The van der Waals surface area contributed by atoms with E-state index in [9.17, 15) is 0 Å². The molecule has 0 bridgehead atoms. The molecule has 0 saturated carbocycles. The van der Waals surface area contributed by atoms with E-state index >= 15 is 0 Å². The molecule has 0 heterocycles. The summed E-state index contributed by atoms with van der Waals surface area (Å²) in [4.78, 5) is 0. The quantitative estimate of drug-likeness (QED) is 0.887. The van der Waals surface area contributed by atoms with Crippen LogP contribution in [0.2, 0.25) is 0 Å². The minimum Gasteiger partial charge on any atom is -0.497 e. The van der Waals surface area contributed by atoms with Crippen molar-refractivity contribution in [2.75, 3.05) is 14.2 Å². The number of nitrogens with one attached hydrogen (secondary N) is 1. The van der Waals surface area contributed by atoms with Crippen molar-refractivity contribution in [3.05, 3.63) is 59.2 Å². The lowest BCUT2D eigenvalue weighted by molar-refractivity contribution is 0.391. The Labute approximate surface area is 131 Å². The Balaban J connectivity index is 2.11. The van der Waals surface area contributed by atoms with E-state index in [-0.39, 0.29) is 6.04 Å². The second-order valence-corrected chi connectivity index (χ2v) is 5.02. The van der Waals surface area contributed by atoms with Gasteiger partial charge in [0, 0.05) is 18.2 Å². The summed E-state index contributed by atoms with van der Waals surface area (Å²) >= 11 is 0. The van der Waals surface area contributed by atoms with Crippen LogP contribution in [-0.2, 0) is 6.54 Å². The molecular formula is C18H20N2O2. The van der Waals surface area contributed by atoms with Gasteiger partial charge in [0.1, 0.15) is 11.5 Å². The van der Waals surface area contributed by atoms with Crippen molar-refractivity contribution in [2.24, 2.45) is 0 Å². The van der Waals surface area contributed by atoms with Crippen LogP contribution < -0.4 is 14.8 Å². The van der Waals surface area contributed by atoms with Gasteiger partial charge in [0.05, 0.1) is 25.9 Å². The lowest BCUT2D eigenvalue weighted by Crippen LogP contribution is -2.18. The summed E-state index contributed by atoms with van der Waals surface area (Å²) in [7, 11) is 3.31. The number of methoxy groups -OCH3 is 2. The molecule has 2 aromatic carbocycles. The fourth-order valence-electron chi connectivity index (χ4n) is 2.31. The van der Waals surface area contributed by atoms with Gasteiger partial charge in [0.25, 0.3) is 0 Å². The van der Waals surface area contributed by atoms with Crippen molar-refractivity contribution in [3.63, 3.8) is 0 Å². The van der Waals surface area contributed by atoms with E-state index in [4.69, 9.17) is 14.7 Å². The Morgan fingerprint density at radius 3 is 2.64 bits per heavy atom. The summed E-state index contributed by atoms with van der Waals surface area (Å²) in [5.74, 6) is 1.63. The Kier molecular flexibility index (Phi) is 5.40. The van der Waals surface area contributed by atoms with Gasteiger partial charge in [-0.25, -0.2) is 0 Å². The van der Waals surface area contributed by atoms with E-state index in [1.54, 1.807) is 20.3 Å². The second kappa shape index (κ2) is 7.48. The average molecular weight is 296 g/mol. The molecule has 0 spiro atoms. The normalized spacial score (nSPS) is 11.5. The molecule has 22 heavy (non-hydrogen) atoms. The van der Waals surface area contributed by atoms with E-state index in [1.807, 2.05) is 36.4 Å². The molecule has 2 aromatic rings. The van der Waals surface area contributed by atoms with Gasteiger partial charge >= 0.3 is 0 Å². The first kappa shape index (κ1) is 15.9. The van der Waals surface area contributed by atoms with Crippen molar-refractivity contribution in [3.8, 4) is 17.6 Å². The van der Waals surface area contributed by atoms with E-state index in [2.05, 4.69) is 18.3 Å². The van der Waals surface area contributed by atoms with E-state index in [0.717, 1.165) is 22.6 Å². The maximum atomic E-state index is 8.94.